The zero-order chi connectivity index (χ0) is 12.6. The first kappa shape index (κ1) is 12.8. The quantitative estimate of drug-likeness (QED) is 0.794. The summed E-state index contributed by atoms with van der Waals surface area (Å²) in [5.41, 5.74) is 0.351. The Morgan fingerprint density at radius 1 is 1.39 bits per heavy atom. The van der Waals surface area contributed by atoms with Crippen molar-refractivity contribution in [2.45, 2.75) is 63.6 Å². The maximum absolute atomic E-state index is 5.59. The Balaban J connectivity index is 1.65. The van der Waals surface area contributed by atoms with E-state index in [0.717, 1.165) is 18.9 Å². The molecule has 3 fully saturated rings. The van der Waals surface area contributed by atoms with Gasteiger partial charge in [0.05, 0.1) is 12.1 Å². The predicted octanol–water partition coefficient (Wildman–Crippen LogP) is 2.81. The van der Waals surface area contributed by atoms with E-state index in [1.807, 2.05) is 11.8 Å². The van der Waals surface area contributed by atoms with E-state index in [4.69, 9.17) is 9.73 Å². The Morgan fingerprint density at radius 3 is 3.00 bits per heavy atom. The fourth-order valence-electron chi connectivity index (χ4n) is 3.52. The summed E-state index contributed by atoms with van der Waals surface area (Å²) < 4.78 is 5.59. The normalized spacial score (nSPS) is 46.8. The Bertz CT molecular complexity index is 347. The highest BCUT2D eigenvalue weighted by Gasteiger charge is 2.40. The minimum atomic E-state index is 0.293. The zero-order valence-electron chi connectivity index (χ0n) is 11.4. The molecule has 1 N–H and O–H groups in total. The SMILES string of the molecule is CC1CCCC2(CSC(=NC3CCOC3C)N2)C1. The van der Waals surface area contributed by atoms with E-state index >= 15 is 0 Å². The molecule has 0 aromatic rings. The summed E-state index contributed by atoms with van der Waals surface area (Å²) in [6.07, 6.45) is 6.77. The summed E-state index contributed by atoms with van der Waals surface area (Å²) in [5, 5.41) is 4.91. The second-order valence-corrected chi connectivity index (χ2v) is 7.23. The molecule has 0 bridgehead atoms. The highest BCUT2D eigenvalue weighted by atomic mass is 32.2. The van der Waals surface area contributed by atoms with Gasteiger partial charge >= 0.3 is 0 Å². The molecule has 2 saturated heterocycles. The summed E-state index contributed by atoms with van der Waals surface area (Å²) in [5.74, 6) is 2.07. The van der Waals surface area contributed by atoms with Crippen LogP contribution in [0.3, 0.4) is 0 Å². The summed E-state index contributed by atoms with van der Waals surface area (Å²) in [7, 11) is 0. The van der Waals surface area contributed by atoms with Crippen molar-refractivity contribution in [3.63, 3.8) is 0 Å². The van der Waals surface area contributed by atoms with Crippen LogP contribution in [0.15, 0.2) is 4.99 Å². The van der Waals surface area contributed by atoms with Crippen LogP contribution in [-0.4, -0.2) is 35.2 Å². The Labute approximate surface area is 114 Å². The van der Waals surface area contributed by atoms with Crippen molar-refractivity contribution in [1.29, 1.82) is 0 Å². The lowest BCUT2D eigenvalue weighted by Gasteiger charge is -2.36. The average Bonchev–Trinajstić information content (AvgIpc) is 2.88. The number of ether oxygens (including phenoxy) is 1. The molecule has 1 saturated carbocycles. The molecule has 3 rings (SSSR count). The van der Waals surface area contributed by atoms with Gasteiger partial charge in [0.2, 0.25) is 0 Å². The van der Waals surface area contributed by atoms with E-state index in [-0.39, 0.29) is 0 Å². The van der Waals surface area contributed by atoms with Crippen LogP contribution in [0.4, 0.5) is 0 Å². The minimum Gasteiger partial charge on any atom is -0.376 e. The largest absolute Gasteiger partial charge is 0.376 e. The lowest BCUT2D eigenvalue weighted by Crippen LogP contribution is -2.47. The van der Waals surface area contributed by atoms with Gasteiger partial charge in [0, 0.05) is 17.9 Å². The molecule has 4 unspecified atom stereocenters. The van der Waals surface area contributed by atoms with Gasteiger partial charge in [0.1, 0.15) is 0 Å². The molecule has 0 aromatic carbocycles. The van der Waals surface area contributed by atoms with Crippen LogP contribution in [0.5, 0.6) is 0 Å². The fraction of sp³-hybridized carbons (Fsp3) is 0.929. The van der Waals surface area contributed by atoms with Crippen LogP contribution in [0.1, 0.15) is 46.0 Å². The van der Waals surface area contributed by atoms with Crippen LogP contribution in [0.2, 0.25) is 0 Å². The molecule has 3 aliphatic rings. The third kappa shape index (κ3) is 2.55. The first-order valence-electron chi connectivity index (χ1n) is 7.27. The fourth-order valence-corrected chi connectivity index (χ4v) is 4.77. The topological polar surface area (TPSA) is 33.6 Å². The van der Waals surface area contributed by atoms with E-state index in [1.54, 1.807) is 0 Å². The Morgan fingerprint density at radius 2 is 2.28 bits per heavy atom. The van der Waals surface area contributed by atoms with Gasteiger partial charge in [0.15, 0.2) is 5.17 Å². The monoisotopic (exact) mass is 268 g/mol. The van der Waals surface area contributed by atoms with Crippen LogP contribution < -0.4 is 5.32 Å². The van der Waals surface area contributed by atoms with E-state index < -0.39 is 0 Å². The number of amidine groups is 1. The van der Waals surface area contributed by atoms with Gasteiger partial charge in [-0.1, -0.05) is 31.5 Å². The molecule has 1 spiro atoms. The summed E-state index contributed by atoms with van der Waals surface area (Å²) in [6.45, 7) is 5.39. The van der Waals surface area contributed by atoms with E-state index in [0.29, 0.717) is 17.7 Å². The molecule has 0 aromatic heterocycles. The Hall–Kier alpha value is -0.220. The smallest absolute Gasteiger partial charge is 0.157 e. The summed E-state index contributed by atoms with van der Waals surface area (Å²) in [4.78, 5) is 4.87. The van der Waals surface area contributed by atoms with Gasteiger partial charge < -0.3 is 10.1 Å². The molecule has 4 atom stereocenters. The van der Waals surface area contributed by atoms with Crippen molar-refractivity contribution < 1.29 is 4.74 Å². The number of thioether (sulfide) groups is 1. The van der Waals surface area contributed by atoms with E-state index in [9.17, 15) is 0 Å². The molecular weight excluding hydrogens is 244 g/mol. The number of hydrogen-bond donors (Lipinski definition) is 1. The first-order chi connectivity index (χ1) is 8.67. The second-order valence-electron chi connectivity index (χ2n) is 6.26. The molecule has 2 heterocycles. The van der Waals surface area contributed by atoms with Crippen LogP contribution in [0, 0.1) is 5.92 Å². The lowest BCUT2D eigenvalue weighted by atomic mass is 9.78. The lowest BCUT2D eigenvalue weighted by molar-refractivity contribution is 0.119. The van der Waals surface area contributed by atoms with Crippen molar-refractivity contribution in [1.82, 2.24) is 5.32 Å². The van der Waals surface area contributed by atoms with Crippen molar-refractivity contribution in [2.24, 2.45) is 10.9 Å². The van der Waals surface area contributed by atoms with Gasteiger partial charge in [-0.3, -0.25) is 4.99 Å². The highest BCUT2D eigenvalue weighted by Crippen LogP contribution is 2.39. The predicted molar refractivity (Wildman–Crippen MR) is 77.2 cm³/mol. The maximum Gasteiger partial charge on any atom is 0.157 e. The highest BCUT2D eigenvalue weighted by molar-refractivity contribution is 8.14. The third-order valence-electron chi connectivity index (χ3n) is 4.57. The number of rotatable bonds is 1. The molecule has 3 nitrogen and oxygen atoms in total. The molecule has 2 aliphatic heterocycles. The van der Waals surface area contributed by atoms with Crippen molar-refractivity contribution >= 4 is 16.9 Å². The van der Waals surface area contributed by atoms with Gasteiger partial charge in [-0.05, 0) is 32.1 Å². The van der Waals surface area contributed by atoms with Crippen molar-refractivity contribution in [2.75, 3.05) is 12.4 Å². The maximum atomic E-state index is 5.59. The molecule has 18 heavy (non-hydrogen) atoms. The van der Waals surface area contributed by atoms with E-state index in [2.05, 4.69) is 19.2 Å². The van der Waals surface area contributed by atoms with Crippen molar-refractivity contribution in [3.05, 3.63) is 0 Å². The molecule has 0 amide bonds. The second kappa shape index (κ2) is 5.04. The number of hydrogen-bond acceptors (Lipinski definition) is 3. The van der Waals surface area contributed by atoms with Gasteiger partial charge in [-0.15, -0.1) is 0 Å². The number of nitrogens with one attached hydrogen (secondary N) is 1. The first-order valence-corrected chi connectivity index (χ1v) is 8.26. The van der Waals surface area contributed by atoms with Crippen LogP contribution >= 0.6 is 11.8 Å². The molecule has 1 aliphatic carbocycles. The minimum absolute atomic E-state index is 0.293. The summed E-state index contributed by atoms with van der Waals surface area (Å²) in [6, 6.07) is 0.371. The van der Waals surface area contributed by atoms with Crippen LogP contribution in [0.25, 0.3) is 0 Å². The Kier molecular flexibility index (Phi) is 3.59. The standard InChI is InChI=1S/C14H24N2OS/c1-10-4-3-6-14(8-10)9-18-13(16-14)15-12-5-7-17-11(12)2/h10-12H,3-9H2,1-2H3,(H,15,16). The third-order valence-corrected chi connectivity index (χ3v) is 5.75. The number of nitrogens with zero attached hydrogens (tertiary/aromatic N) is 1. The average molecular weight is 268 g/mol. The van der Waals surface area contributed by atoms with Gasteiger partial charge in [-0.2, -0.15) is 0 Å². The molecular formula is C14H24N2OS. The zero-order valence-corrected chi connectivity index (χ0v) is 12.3. The van der Waals surface area contributed by atoms with Gasteiger partial charge in [-0.25, -0.2) is 0 Å². The van der Waals surface area contributed by atoms with Gasteiger partial charge in [0.25, 0.3) is 0 Å². The van der Waals surface area contributed by atoms with Crippen molar-refractivity contribution in [3.8, 4) is 0 Å². The molecule has 4 heteroatoms. The van der Waals surface area contributed by atoms with Crippen LogP contribution in [-0.2, 0) is 4.74 Å². The molecule has 102 valence electrons. The number of aliphatic imine (C=N–C) groups is 1. The summed E-state index contributed by atoms with van der Waals surface area (Å²) >= 11 is 1.92. The van der Waals surface area contributed by atoms with E-state index in [1.165, 1.54) is 36.6 Å². The molecule has 0 radical (unpaired) electrons.